The quantitative estimate of drug-likeness (QED) is 0.786. The Balaban J connectivity index is 1.69. The molecular formula is C17H20ClN3. The molecule has 1 aliphatic carbocycles. The SMILES string of the molecule is Clc1nnc(N2CCC3CCCCC3C2)c2ccccc12. The molecule has 1 aromatic heterocycles. The fourth-order valence-corrected chi connectivity index (χ4v) is 4.29. The Morgan fingerprint density at radius 3 is 2.57 bits per heavy atom. The number of nitrogens with zero attached hydrogens (tertiary/aromatic N) is 3. The second-order valence-corrected chi connectivity index (χ2v) is 6.76. The smallest absolute Gasteiger partial charge is 0.159 e. The molecule has 1 aliphatic heterocycles. The van der Waals surface area contributed by atoms with Crippen LogP contribution in [0.2, 0.25) is 5.15 Å². The number of hydrogen-bond donors (Lipinski definition) is 0. The Kier molecular flexibility index (Phi) is 3.46. The van der Waals surface area contributed by atoms with E-state index in [-0.39, 0.29) is 0 Å². The number of piperidine rings is 1. The molecule has 0 bridgehead atoms. The molecule has 1 saturated carbocycles. The van der Waals surface area contributed by atoms with Gasteiger partial charge in [-0.25, -0.2) is 0 Å². The molecule has 0 radical (unpaired) electrons. The molecule has 2 atom stereocenters. The topological polar surface area (TPSA) is 29.0 Å². The summed E-state index contributed by atoms with van der Waals surface area (Å²) in [7, 11) is 0. The fourth-order valence-electron chi connectivity index (χ4n) is 4.08. The number of benzene rings is 1. The maximum absolute atomic E-state index is 6.19. The highest BCUT2D eigenvalue weighted by atomic mass is 35.5. The largest absolute Gasteiger partial charge is 0.354 e. The van der Waals surface area contributed by atoms with Crippen molar-refractivity contribution in [2.24, 2.45) is 11.8 Å². The molecule has 2 fully saturated rings. The van der Waals surface area contributed by atoms with Gasteiger partial charge in [0.2, 0.25) is 0 Å². The zero-order valence-corrected chi connectivity index (χ0v) is 12.9. The van der Waals surface area contributed by atoms with Crippen LogP contribution in [-0.4, -0.2) is 23.3 Å². The molecule has 4 heteroatoms. The Bertz CT molecular complexity index is 658. The van der Waals surface area contributed by atoms with E-state index in [1.54, 1.807) is 0 Å². The number of anilines is 1. The summed E-state index contributed by atoms with van der Waals surface area (Å²) in [5.41, 5.74) is 0. The standard InChI is InChI=1S/C17H20ClN3/c18-16-14-7-3-4-8-15(14)17(20-19-16)21-10-9-12-5-1-2-6-13(12)11-21/h3-4,7-8,12-13H,1-2,5-6,9-11H2. The van der Waals surface area contributed by atoms with Crippen LogP contribution in [0.4, 0.5) is 5.82 Å². The van der Waals surface area contributed by atoms with E-state index in [4.69, 9.17) is 11.6 Å². The second kappa shape index (κ2) is 5.45. The molecule has 2 heterocycles. The van der Waals surface area contributed by atoms with Crippen LogP contribution in [-0.2, 0) is 0 Å². The maximum atomic E-state index is 6.19. The minimum Gasteiger partial charge on any atom is -0.354 e. The van der Waals surface area contributed by atoms with Gasteiger partial charge in [0.05, 0.1) is 0 Å². The first-order valence-corrected chi connectivity index (χ1v) is 8.36. The van der Waals surface area contributed by atoms with Crippen molar-refractivity contribution in [3.8, 4) is 0 Å². The number of rotatable bonds is 1. The highest BCUT2D eigenvalue weighted by molar-refractivity contribution is 6.34. The summed E-state index contributed by atoms with van der Waals surface area (Å²) in [6, 6.07) is 8.20. The third kappa shape index (κ3) is 2.38. The van der Waals surface area contributed by atoms with E-state index >= 15 is 0 Å². The number of fused-ring (bicyclic) bond motifs is 2. The zero-order valence-electron chi connectivity index (χ0n) is 12.1. The van der Waals surface area contributed by atoms with Crippen molar-refractivity contribution in [2.45, 2.75) is 32.1 Å². The van der Waals surface area contributed by atoms with Crippen molar-refractivity contribution in [1.29, 1.82) is 0 Å². The van der Waals surface area contributed by atoms with Gasteiger partial charge in [-0.15, -0.1) is 10.2 Å². The molecule has 110 valence electrons. The van der Waals surface area contributed by atoms with Gasteiger partial charge in [-0.05, 0) is 24.7 Å². The van der Waals surface area contributed by atoms with Crippen LogP contribution in [0.15, 0.2) is 24.3 Å². The lowest BCUT2D eigenvalue weighted by Crippen LogP contribution is -2.42. The molecule has 2 aromatic rings. The van der Waals surface area contributed by atoms with Gasteiger partial charge >= 0.3 is 0 Å². The van der Waals surface area contributed by atoms with Crippen LogP contribution >= 0.6 is 11.6 Å². The molecule has 0 N–H and O–H groups in total. The minimum absolute atomic E-state index is 0.502. The third-order valence-electron chi connectivity index (χ3n) is 5.21. The Morgan fingerprint density at radius 1 is 0.952 bits per heavy atom. The predicted octanol–water partition coefficient (Wildman–Crippen LogP) is 4.30. The summed E-state index contributed by atoms with van der Waals surface area (Å²) in [5.74, 6) is 2.78. The number of aromatic nitrogens is 2. The van der Waals surface area contributed by atoms with Crippen LogP contribution in [0, 0.1) is 11.8 Å². The summed E-state index contributed by atoms with van der Waals surface area (Å²) >= 11 is 6.19. The van der Waals surface area contributed by atoms with E-state index in [0.29, 0.717) is 5.15 Å². The van der Waals surface area contributed by atoms with Gasteiger partial charge in [-0.2, -0.15) is 0 Å². The molecule has 2 unspecified atom stereocenters. The van der Waals surface area contributed by atoms with Gasteiger partial charge in [-0.1, -0.05) is 55.1 Å². The Labute approximate surface area is 130 Å². The van der Waals surface area contributed by atoms with Gasteiger partial charge in [0, 0.05) is 23.9 Å². The Morgan fingerprint density at radius 2 is 1.71 bits per heavy atom. The van der Waals surface area contributed by atoms with Gasteiger partial charge < -0.3 is 4.90 Å². The fraction of sp³-hybridized carbons (Fsp3) is 0.529. The van der Waals surface area contributed by atoms with Crippen molar-refractivity contribution < 1.29 is 0 Å². The van der Waals surface area contributed by atoms with Crippen molar-refractivity contribution in [3.05, 3.63) is 29.4 Å². The van der Waals surface area contributed by atoms with E-state index in [1.807, 2.05) is 12.1 Å². The van der Waals surface area contributed by atoms with Crippen LogP contribution < -0.4 is 4.90 Å². The van der Waals surface area contributed by atoms with Crippen molar-refractivity contribution in [2.75, 3.05) is 18.0 Å². The van der Waals surface area contributed by atoms with Crippen molar-refractivity contribution >= 4 is 28.2 Å². The average Bonchev–Trinajstić information content (AvgIpc) is 2.55. The van der Waals surface area contributed by atoms with Crippen LogP contribution in [0.3, 0.4) is 0 Å². The van der Waals surface area contributed by atoms with Gasteiger partial charge in [-0.3, -0.25) is 0 Å². The summed E-state index contributed by atoms with van der Waals surface area (Å²) in [5, 5.41) is 11.2. The molecule has 0 spiro atoms. The summed E-state index contributed by atoms with van der Waals surface area (Å²) in [6.07, 6.45) is 6.90. The van der Waals surface area contributed by atoms with Crippen molar-refractivity contribution in [1.82, 2.24) is 10.2 Å². The highest BCUT2D eigenvalue weighted by Crippen LogP contribution is 2.38. The van der Waals surface area contributed by atoms with Crippen LogP contribution in [0.1, 0.15) is 32.1 Å². The van der Waals surface area contributed by atoms with Crippen molar-refractivity contribution in [3.63, 3.8) is 0 Å². The molecule has 0 amide bonds. The summed E-state index contributed by atoms with van der Waals surface area (Å²) in [6.45, 7) is 2.23. The van der Waals surface area contributed by atoms with E-state index in [1.165, 1.54) is 32.1 Å². The predicted molar refractivity (Wildman–Crippen MR) is 86.8 cm³/mol. The molecule has 4 rings (SSSR count). The number of hydrogen-bond acceptors (Lipinski definition) is 3. The minimum atomic E-state index is 0.502. The van der Waals surface area contributed by atoms with Crippen LogP contribution in [0.25, 0.3) is 10.8 Å². The lowest BCUT2D eigenvalue weighted by molar-refractivity contribution is 0.202. The first-order chi connectivity index (χ1) is 10.3. The first kappa shape index (κ1) is 13.3. The molecule has 1 aromatic carbocycles. The highest BCUT2D eigenvalue weighted by Gasteiger charge is 2.32. The van der Waals surface area contributed by atoms with Gasteiger partial charge in [0.25, 0.3) is 0 Å². The lowest BCUT2D eigenvalue weighted by Gasteiger charge is -2.41. The average molecular weight is 302 g/mol. The zero-order chi connectivity index (χ0) is 14.2. The molecule has 3 nitrogen and oxygen atoms in total. The van der Waals surface area contributed by atoms with Crippen LogP contribution in [0.5, 0.6) is 0 Å². The molecule has 21 heavy (non-hydrogen) atoms. The van der Waals surface area contributed by atoms with E-state index in [0.717, 1.165) is 41.5 Å². The normalized spacial score (nSPS) is 25.9. The molecule has 2 aliphatic rings. The van der Waals surface area contributed by atoms with E-state index < -0.39 is 0 Å². The monoisotopic (exact) mass is 301 g/mol. The Hall–Kier alpha value is -1.35. The summed E-state index contributed by atoms with van der Waals surface area (Å²) < 4.78 is 0. The molecular weight excluding hydrogens is 282 g/mol. The van der Waals surface area contributed by atoms with E-state index in [2.05, 4.69) is 27.2 Å². The maximum Gasteiger partial charge on any atom is 0.159 e. The second-order valence-electron chi connectivity index (χ2n) is 6.40. The first-order valence-electron chi connectivity index (χ1n) is 7.99. The van der Waals surface area contributed by atoms with Gasteiger partial charge in [0.15, 0.2) is 11.0 Å². The third-order valence-corrected chi connectivity index (χ3v) is 5.49. The van der Waals surface area contributed by atoms with Gasteiger partial charge in [0.1, 0.15) is 0 Å². The number of halogens is 1. The lowest BCUT2D eigenvalue weighted by atomic mass is 9.75. The summed E-state index contributed by atoms with van der Waals surface area (Å²) in [4.78, 5) is 2.43. The molecule has 1 saturated heterocycles. The van der Waals surface area contributed by atoms with E-state index in [9.17, 15) is 0 Å².